The standard InChI is InChI=1S/C11H13NO4S/c1-6(2)8-4-7(16-3)5-9-10(8)11(13)17-12(9,14)15/h4-6,14H,1-3H3. The molecule has 6 heteroatoms. The van der Waals surface area contributed by atoms with Crippen LogP contribution in [-0.4, -0.2) is 17.4 Å². The molecular weight excluding hydrogens is 242 g/mol. The van der Waals surface area contributed by atoms with Crippen molar-refractivity contribution in [2.75, 3.05) is 7.11 Å². The first-order valence-electron chi connectivity index (χ1n) is 5.16. The summed E-state index contributed by atoms with van der Waals surface area (Å²) in [5.41, 5.74) is 1.08. The summed E-state index contributed by atoms with van der Waals surface area (Å²) in [6.07, 6.45) is 0. The first-order valence-corrected chi connectivity index (χ1v) is 5.93. The molecule has 0 aromatic heterocycles. The van der Waals surface area contributed by atoms with Gasteiger partial charge in [-0.2, -0.15) is 5.21 Å². The van der Waals surface area contributed by atoms with E-state index in [-0.39, 0.29) is 11.6 Å². The highest BCUT2D eigenvalue weighted by Crippen LogP contribution is 2.47. The van der Waals surface area contributed by atoms with Crippen molar-refractivity contribution < 1.29 is 14.7 Å². The molecule has 1 N–H and O–H groups in total. The third-order valence-corrected chi connectivity index (χ3v) is 3.51. The predicted octanol–water partition coefficient (Wildman–Crippen LogP) is 2.81. The maximum absolute atomic E-state index is 11.8. The van der Waals surface area contributed by atoms with Gasteiger partial charge in [-0.1, -0.05) is 13.8 Å². The second-order valence-corrected chi connectivity index (χ2v) is 5.21. The number of nitrogens with zero attached hydrogens (tertiary/aromatic N) is 1. The highest BCUT2D eigenvalue weighted by atomic mass is 32.2. The molecule has 0 amide bonds. The molecule has 0 saturated heterocycles. The van der Waals surface area contributed by atoms with Crippen molar-refractivity contribution in [3.8, 4) is 5.75 Å². The molecule has 1 atom stereocenters. The molecule has 0 aliphatic carbocycles. The number of methoxy groups -OCH3 is 1. The molecule has 1 heterocycles. The molecule has 0 fully saturated rings. The summed E-state index contributed by atoms with van der Waals surface area (Å²) >= 11 is 0.345. The maximum atomic E-state index is 11.8. The van der Waals surface area contributed by atoms with E-state index in [9.17, 15) is 15.2 Å². The van der Waals surface area contributed by atoms with Crippen molar-refractivity contribution in [2.24, 2.45) is 0 Å². The van der Waals surface area contributed by atoms with E-state index in [1.54, 1.807) is 6.07 Å². The van der Waals surface area contributed by atoms with Crippen LogP contribution in [0.4, 0.5) is 5.69 Å². The zero-order valence-corrected chi connectivity index (χ0v) is 10.6. The summed E-state index contributed by atoms with van der Waals surface area (Å²) in [6.45, 7) is 3.84. The van der Waals surface area contributed by atoms with Gasteiger partial charge in [0, 0.05) is 6.07 Å². The Hall–Kier alpha value is -1.08. The molecule has 1 aliphatic rings. The lowest BCUT2D eigenvalue weighted by Crippen LogP contribution is -2.27. The Kier molecular flexibility index (Phi) is 2.90. The Morgan fingerprint density at radius 3 is 2.65 bits per heavy atom. The minimum atomic E-state index is -1.72. The van der Waals surface area contributed by atoms with Gasteiger partial charge in [0.05, 0.1) is 7.11 Å². The molecule has 1 aliphatic heterocycles. The fraction of sp³-hybridized carbons (Fsp3) is 0.364. The van der Waals surface area contributed by atoms with E-state index in [4.69, 9.17) is 4.74 Å². The number of hydrogen-bond donors (Lipinski definition) is 1. The number of carbonyl (C=O) groups excluding carboxylic acids is 1. The number of carbonyl (C=O) groups is 1. The zero-order valence-electron chi connectivity index (χ0n) is 9.76. The minimum absolute atomic E-state index is 0.0445. The van der Waals surface area contributed by atoms with Crippen molar-refractivity contribution in [3.63, 3.8) is 0 Å². The molecule has 17 heavy (non-hydrogen) atoms. The minimum Gasteiger partial charge on any atom is -0.581 e. The summed E-state index contributed by atoms with van der Waals surface area (Å²) in [4.78, 5) is 11.8. The van der Waals surface area contributed by atoms with Crippen molar-refractivity contribution in [1.82, 2.24) is 4.21 Å². The summed E-state index contributed by atoms with van der Waals surface area (Å²) in [5, 5.41) is 21.0. The molecule has 0 bridgehead atoms. The molecule has 0 saturated carbocycles. The average molecular weight is 255 g/mol. The molecule has 2 rings (SSSR count). The van der Waals surface area contributed by atoms with Crippen LogP contribution in [0.15, 0.2) is 12.1 Å². The summed E-state index contributed by atoms with van der Waals surface area (Å²) in [5.74, 6) is 0.539. The van der Waals surface area contributed by atoms with E-state index in [0.29, 0.717) is 23.3 Å². The van der Waals surface area contributed by atoms with Crippen LogP contribution >= 0.6 is 11.9 Å². The van der Waals surface area contributed by atoms with Gasteiger partial charge < -0.3 is 9.94 Å². The molecule has 5 nitrogen and oxygen atoms in total. The second-order valence-electron chi connectivity index (χ2n) is 4.16. The highest BCUT2D eigenvalue weighted by Gasteiger charge is 2.43. The lowest BCUT2D eigenvalue weighted by molar-refractivity contribution is 0.0764. The number of fused-ring (bicyclic) bond motifs is 1. The summed E-state index contributed by atoms with van der Waals surface area (Å²) < 4.78 is 3.36. The molecule has 0 radical (unpaired) electrons. The lowest BCUT2D eigenvalue weighted by Gasteiger charge is -2.24. The van der Waals surface area contributed by atoms with Crippen molar-refractivity contribution >= 4 is 22.8 Å². The van der Waals surface area contributed by atoms with Crippen LogP contribution < -0.4 is 8.95 Å². The Labute approximate surface area is 103 Å². The van der Waals surface area contributed by atoms with Gasteiger partial charge in [-0.3, -0.25) is 4.79 Å². The van der Waals surface area contributed by atoms with Crippen LogP contribution in [0.2, 0.25) is 0 Å². The van der Waals surface area contributed by atoms with Crippen molar-refractivity contribution in [3.05, 3.63) is 28.5 Å². The molecule has 0 spiro atoms. The molecular formula is C11H13NO4S. The smallest absolute Gasteiger partial charge is 0.286 e. The van der Waals surface area contributed by atoms with Gasteiger partial charge >= 0.3 is 0 Å². The first-order chi connectivity index (χ1) is 7.86. The largest absolute Gasteiger partial charge is 0.581 e. The third-order valence-electron chi connectivity index (χ3n) is 2.69. The fourth-order valence-corrected chi connectivity index (χ4v) is 2.63. The topological polar surface area (TPSA) is 69.6 Å². The van der Waals surface area contributed by atoms with Gasteiger partial charge in [-0.15, -0.1) is 4.21 Å². The summed E-state index contributed by atoms with van der Waals surface area (Å²) in [7, 11) is 1.48. The van der Waals surface area contributed by atoms with E-state index in [1.165, 1.54) is 13.2 Å². The number of hydrogen-bond acceptors (Lipinski definition) is 5. The molecule has 92 valence electrons. The SMILES string of the molecule is COc1cc(C(C)C)c2c(c1)[N+]([O-])(O)SC2=O. The van der Waals surface area contributed by atoms with E-state index in [0.717, 1.165) is 5.56 Å². The van der Waals surface area contributed by atoms with Crippen LogP contribution in [0, 0.1) is 5.21 Å². The van der Waals surface area contributed by atoms with E-state index >= 15 is 0 Å². The third kappa shape index (κ3) is 1.93. The quantitative estimate of drug-likeness (QED) is 0.500. The number of rotatable bonds is 2. The van der Waals surface area contributed by atoms with Gasteiger partial charge in [-0.25, -0.2) is 0 Å². The Bertz CT molecular complexity index is 485. The van der Waals surface area contributed by atoms with Gasteiger partial charge in [-0.05, 0) is 17.5 Å². The normalized spacial score (nSPS) is 23.1. The van der Waals surface area contributed by atoms with Gasteiger partial charge in [0.25, 0.3) is 5.12 Å². The first kappa shape index (κ1) is 12.4. The van der Waals surface area contributed by atoms with Crippen LogP contribution in [0.25, 0.3) is 0 Å². The average Bonchev–Trinajstić information content (AvgIpc) is 2.48. The van der Waals surface area contributed by atoms with Gasteiger partial charge in [0.2, 0.25) is 0 Å². The second kappa shape index (κ2) is 3.99. The number of quaternary nitrogens is 1. The predicted molar refractivity (Wildman–Crippen MR) is 66.0 cm³/mol. The number of ether oxygens (including phenoxy) is 1. The van der Waals surface area contributed by atoms with Crippen LogP contribution in [0.3, 0.4) is 0 Å². The van der Waals surface area contributed by atoms with Crippen LogP contribution in [0.1, 0.15) is 35.7 Å². The molecule has 1 unspecified atom stereocenters. The van der Waals surface area contributed by atoms with Crippen LogP contribution in [0.5, 0.6) is 5.75 Å². The Morgan fingerprint density at radius 2 is 2.12 bits per heavy atom. The monoisotopic (exact) mass is 255 g/mol. The van der Waals surface area contributed by atoms with Crippen LogP contribution in [-0.2, 0) is 0 Å². The summed E-state index contributed by atoms with van der Waals surface area (Å²) in [6, 6.07) is 3.14. The zero-order chi connectivity index (χ0) is 12.8. The van der Waals surface area contributed by atoms with E-state index in [2.05, 4.69) is 0 Å². The highest BCUT2D eigenvalue weighted by molar-refractivity contribution is 8.14. The van der Waals surface area contributed by atoms with E-state index < -0.39 is 9.33 Å². The Balaban J connectivity index is 2.72. The van der Waals surface area contributed by atoms with Gasteiger partial charge in [0.15, 0.2) is 17.6 Å². The Morgan fingerprint density at radius 1 is 1.47 bits per heavy atom. The molecule has 1 aromatic rings. The fourth-order valence-electron chi connectivity index (χ4n) is 1.85. The molecule has 1 aromatic carbocycles. The van der Waals surface area contributed by atoms with E-state index in [1.807, 2.05) is 13.8 Å². The lowest BCUT2D eigenvalue weighted by atomic mass is 9.96. The van der Waals surface area contributed by atoms with Gasteiger partial charge in [0.1, 0.15) is 11.3 Å². The maximum Gasteiger partial charge on any atom is 0.286 e. The van der Waals surface area contributed by atoms with Crippen molar-refractivity contribution in [1.29, 1.82) is 0 Å². The van der Waals surface area contributed by atoms with Crippen molar-refractivity contribution in [2.45, 2.75) is 19.8 Å². The number of benzene rings is 1.